The van der Waals surface area contributed by atoms with E-state index in [-0.39, 0.29) is 10.6 Å². The van der Waals surface area contributed by atoms with Crippen molar-refractivity contribution >= 4 is 17.4 Å². The van der Waals surface area contributed by atoms with E-state index in [4.69, 9.17) is 11.6 Å². The lowest BCUT2D eigenvalue weighted by Gasteiger charge is -2.06. The van der Waals surface area contributed by atoms with E-state index >= 15 is 0 Å². The Bertz CT molecular complexity index is 562. The average Bonchev–Trinajstić information content (AvgIpc) is 2.71. The van der Waals surface area contributed by atoms with Gasteiger partial charge < -0.3 is 14.9 Å². The topological polar surface area (TPSA) is 75.6 Å². The summed E-state index contributed by atoms with van der Waals surface area (Å²) in [6.07, 6.45) is 5.67. The molecule has 2 aromatic rings. The van der Waals surface area contributed by atoms with E-state index in [2.05, 4.69) is 20.3 Å². The first-order valence-electron chi connectivity index (χ1n) is 5.11. The fourth-order valence-electron chi connectivity index (χ4n) is 1.44. The van der Waals surface area contributed by atoms with Crippen LogP contribution in [0.1, 0.15) is 5.82 Å². The highest BCUT2D eigenvalue weighted by atomic mass is 35.5. The van der Waals surface area contributed by atoms with E-state index in [1.807, 2.05) is 17.8 Å². The molecule has 0 radical (unpaired) electrons. The Hall–Kier alpha value is -1.82. The molecule has 0 bridgehead atoms. The highest BCUT2D eigenvalue weighted by Gasteiger charge is 2.05. The minimum absolute atomic E-state index is 0.0762. The van der Waals surface area contributed by atoms with Gasteiger partial charge >= 0.3 is 0 Å². The number of rotatable bonds is 4. The first kappa shape index (κ1) is 11.7. The van der Waals surface area contributed by atoms with E-state index in [0.29, 0.717) is 12.4 Å². The quantitative estimate of drug-likeness (QED) is 0.846. The molecule has 0 unspecified atom stereocenters. The van der Waals surface area contributed by atoms with Gasteiger partial charge in [-0.05, 0) is 0 Å². The largest absolute Gasteiger partial charge is 0.368 e. The van der Waals surface area contributed by atoms with Gasteiger partial charge in [-0.2, -0.15) is 0 Å². The Morgan fingerprint density at radius 2 is 2.35 bits per heavy atom. The fourth-order valence-corrected chi connectivity index (χ4v) is 1.61. The maximum atomic E-state index is 11.2. The van der Waals surface area contributed by atoms with Gasteiger partial charge in [-0.1, -0.05) is 11.6 Å². The smallest absolute Gasteiger partial charge is 0.271 e. The lowest BCUT2D eigenvalue weighted by molar-refractivity contribution is 0.788. The van der Waals surface area contributed by atoms with Crippen molar-refractivity contribution in [2.24, 2.45) is 7.05 Å². The second-order valence-corrected chi connectivity index (χ2v) is 3.90. The summed E-state index contributed by atoms with van der Waals surface area (Å²) in [5.41, 5.74) is -0.346. The number of imidazole rings is 1. The maximum Gasteiger partial charge on any atom is 0.271 e. The first-order valence-corrected chi connectivity index (χ1v) is 5.49. The fraction of sp³-hybridized carbons (Fsp3) is 0.300. The molecule has 6 nitrogen and oxygen atoms in total. The number of H-pyrrole nitrogens is 1. The lowest BCUT2D eigenvalue weighted by Crippen LogP contribution is -2.14. The molecular formula is C10H12ClN5O. The van der Waals surface area contributed by atoms with Crippen molar-refractivity contribution in [3.63, 3.8) is 0 Å². The molecule has 2 aromatic heterocycles. The number of aromatic amines is 1. The number of aryl methyl sites for hydroxylation is 1. The van der Waals surface area contributed by atoms with E-state index in [1.54, 1.807) is 6.20 Å². The monoisotopic (exact) mass is 253 g/mol. The second kappa shape index (κ2) is 5.01. The summed E-state index contributed by atoms with van der Waals surface area (Å²) in [5, 5.41) is 3.08. The Morgan fingerprint density at radius 1 is 1.53 bits per heavy atom. The van der Waals surface area contributed by atoms with Gasteiger partial charge in [-0.25, -0.2) is 9.97 Å². The van der Waals surface area contributed by atoms with Gasteiger partial charge in [0.1, 0.15) is 10.8 Å². The van der Waals surface area contributed by atoms with Crippen molar-refractivity contribution < 1.29 is 0 Å². The molecule has 0 spiro atoms. The van der Waals surface area contributed by atoms with E-state index in [1.165, 1.54) is 6.33 Å². The molecule has 0 atom stereocenters. The van der Waals surface area contributed by atoms with Crippen molar-refractivity contribution in [2.45, 2.75) is 6.42 Å². The third-order valence-electron chi connectivity index (χ3n) is 2.36. The standard InChI is InChI=1S/C10H12ClN5O/c1-16-5-4-12-7(16)2-3-13-9-8(11)10(17)15-6-14-9/h4-6H,2-3H2,1H3,(H2,13,14,15,17). The van der Waals surface area contributed by atoms with Crippen LogP contribution in [0.5, 0.6) is 0 Å². The van der Waals surface area contributed by atoms with E-state index in [9.17, 15) is 4.79 Å². The molecule has 2 rings (SSSR count). The van der Waals surface area contributed by atoms with Crippen LogP contribution in [0.25, 0.3) is 0 Å². The molecular weight excluding hydrogens is 242 g/mol. The Morgan fingerprint density at radius 3 is 3.06 bits per heavy atom. The molecule has 0 aliphatic heterocycles. The SMILES string of the molecule is Cn1ccnc1CCNc1nc[nH]c(=O)c1Cl. The van der Waals surface area contributed by atoms with Crippen LogP contribution in [0.3, 0.4) is 0 Å². The molecule has 0 aromatic carbocycles. The first-order chi connectivity index (χ1) is 8.18. The predicted octanol–water partition coefficient (Wildman–Crippen LogP) is 0.811. The van der Waals surface area contributed by atoms with Crippen LogP contribution in [0.2, 0.25) is 5.02 Å². The minimum atomic E-state index is -0.346. The zero-order valence-electron chi connectivity index (χ0n) is 9.27. The molecule has 2 heterocycles. The van der Waals surface area contributed by atoms with Crippen molar-refractivity contribution in [2.75, 3.05) is 11.9 Å². The maximum absolute atomic E-state index is 11.2. The molecule has 7 heteroatoms. The zero-order valence-corrected chi connectivity index (χ0v) is 10.0. The second-order valence-electron chi connectivity index (χ2n) is 3.53. The molecule has 0 aliphatic carbocycles. The number of anilines is 1. The van der Waals surface area contributed by atoms with E-state index in [0.717, 1.165) is 12.2 Å². The van der Waals surface area contributed by atoms with Crippen LogP contribution < -0.4 is 10.9 Å². The minimum Gasteiger partial charge on any atom is -0.368 e. The van der Waals surface area contributed by atoms with Gasteiger partial charge in [-0.3, -0.25) is 4.79 Å². The molecule has 0 saturated carbocycles. The number of nitrogens with one attached hydrogen (secondary N) is 2. The molecule has 0 fully saturated rings. The Labute approximate surface area is 103 Å². The molecule has 0 aliphatic rings. The predicted molar refractivity (Wildman–Crippen MR) is 65.3 cm³/mol. The summed E-state index contributed by atoms with van der Waals surface area (Å²) in [4.78, 5) is 21.7. The number of hydrogen-bond acceptors (Lipinski definition) is 4. The van der Waals surface area contributed by atoms with Crippen molar-refractivity contribution in [3.8, 4) is 0 Å². The van der Waals surface area contributed by atoms with Gasteiger partial charge in [0.15, 0.2) is 5.82 Å². The zero-order chi connectivity index (χ0) is 12.3. The van der Waals surface area contributed by atoms with Gasteiger partial charge in [0, 0.05) is 32.4 Å². The van der Waals surface area contributed by atoms with Gasteiger partial charge in [0.2, 0.25) is 0 Å². The Balaban J connectivity index is 1.97. The van der Waals surface area contributed by atoms with Gasteiger partial charge in [-0.15, -0.1) is 0 Å². The van der Waals surface area contributed by atoms with Crippen LogP contribution >= 0.6 is 11.6 Å². The average molecular weight is 254 g/mol. The van der Waals surface area contributed by atoms with Crippen molar-refractivity contribution in [1.29, 1.82) is 0 Å². The van der Waals surface area contributed by atoms with Crippen molar-refractivity contribution in [1.82, 2.24) is 19.5 Å². The van der Waals surface area contributed by atoms with Crippen LogP contribution in [-0.4, -0.2) is 26.1 Å². The third kappa shape index (κ3) is 2.65. The number of hydrogen-bond donors (Lipinski definition) is 2. The molecule has 90 valence electrons. The van der Waals surface area contributed by atoms with Crippen molar-refractivity contribution in [3.05, 3.63) is 39.9 Å². The summed E-state index contributed by atoms with van der Waals surface area (Å²) in [6, 6.07) is 0. The number of nitrogens with zero attached hydrogens (tertiary/aromatic N) is 3. The van der Waals surface area contributed by atoms with E-state index < -0.39 is 0 Å². The molecule has 0 saturated heterocycles. The lowest BCUT2D eigenvalue weighted by atomic mass is 10.4. The summed E-state index contributed by atoms with van der Waals surface area (Å²) in [7, 11) is 1.93. The summed E-state index contributed by atoms with van der Waals surface area (Å²) >= 11 is 5.80. The van der Waals surface area contributed by atoms with Crippen LogP contribution in [0.15, 0.2) is 23.5 Å². The van der Waals surface area contributed by atoms with Crippen LogP contribution in [0, 0.1) is 0 Å². The Kier molecular flexibility index (Phi) is 3.43. The molecule has 2 N–H and O–H groups in total. The van der Waals surface area contributed by atoms with Gasteiger partial charge in [0.05, 0.1) is 6.33 Å². The van der Waals surface area contributed by atoms with Gasteiger partial charge in [0.25, 0.3) is 5.56 Å². The summed E-state index contributed by atoms with van der Waals surface area (Å²) in [6.45, 7) is 0.612. The molecule has 0 amide bonds. The molecule has 17 heavy (non-hydrogen) atoms. The normalized spacial score (nSPS) is 10.5. The van der Waals surface area contributed by atoms with Crippen LogP contribution in [0.4, 0.5) is 5.82 Å². The summed E-state index contributed by atoms with van der Waals surface area (Å²) < 4.78 is 1.94. The number of aromatic nitrogens is 4. The highest BCUT2D eigenvalue weighted by Crippen LogP contribution is 2.11. The summed E-state index contributed by atoms with van der Waals surface area (Å²) in [5.74, 6) is 1.35. The highest BCUT2D eigenvalue weighted by molar-refractivity contribution is 6.32. The van der Waals surface area contributed by atoms with Crippen LogP contribution in [-0.2, 0) is 13.5 Å². The number of halogens is 1. The third-order valence-corrected chi connectivity index (χ3v) is 2.71.